The lowest BCUT2D eigenvalue weighted by atomic mass is 9.95. The second kappa shape index (κ2) is 9.11. The average Bonchev–Trinajstić information content (AvgIpc) is 3.20. The smallest absolute Gasteiger partial charge is 0.162 e. The molecule has 1 aliphatic heterocycles. The summed E-state index contributed by atoms with van der Waals surface area (Å²) in [6, 6.07) is 11.7. The van der Waals surface area contributed by atoms with Crippen molar-refractivity contribution in [1.82, 2.24) is 19.9 Å². The van der Waals surface area contributed by atoms with E-state index < -0.39 is 0 Å². The minimum absolute atomic E-state index is 0.199. The van der Waals surface area contributed by atoms with Crippen molar-refractivity contribution in [3.63, 3.8) is 0 Å². The van der Waals surface area contributed by atoms with Crippen LogP contribution in [0, 0.1) is 17.2 Å². The van der Waals surface area contributed by atoms with Gasteiger partial charge in [-0.1, -0.05) is 19.1 Å². The highest BCUT2D eigenvalue weighted by atomic mass is 16.3. The number of aromatic nitrogens is 3. The summed E-state index contributed by atoms with van der Waals surface area (Å²) >= 11 is 0. The Labute approximate surface area is 175 Å². The SMILES string of the molecule is CCc1cnn2c(NCc3cccc(C#N)c3)cc(NC[C@H]3CCNC[C@@H]3O)nc12. The zero-order chi connectivity index (χ0) is 20.9. The van der Waals surface area contributed by atoms with Gasteiger partial charge in [-0.25, -0.2) is 4.98 Å². The summed E-state index contributed by atoms with van der Waals surface area (Å²) in [6.07, 6.45) is 3.28. The predicted molar refractivity (Wildman–Crippen MR) is 116 cm³/mol. The number of anilines is 2. The Kier molecular flexibility index (Phi) is 6.12. The third-order valence-corrected chi connectivity index (χ3v) is 5.59. The summed E-state index contributed by atoms with van der Waals surface area (Å²) in [5.74, 6) is 1.79. The van der Waals surface area contributed by atoms with Crippen LogP contribution >= 0.6 is 0 Å². The highest BCUT2D eigenvalue weighted by Crippen LogP contribution is 2.21. The van der Waals surface area contributed by atoms with Gasteiger partial charge in [-0.2, -0.15) is 14.9 Å². The van der Waals surface area contributed by atoms with Crippen LogP contribution in [0.3, 0.4) is 0 Å². The Morgan fingerprint density at radius 3 is 3.03 bits per heavy atom. The summed E-state index contributed by atoms with van der Waals surface area (Å²) in [5.41, 5.74) is 3.57. The van der Waals surface area contributed by atoms with Crippen LogP contribution in [-0.2, 0) is 13.0 Å². The van der Waals surface area contributed by atoms with E-state index in [4.69, 9.17) is 10.2 Å². The molecule has 3 heterocycles. The van der Waals surface area contributed by atoms with Gasteiger partial charge in [0.15, 0.2) is 5.65 Å². The number of piperidine rings is 1. The third-order valence-electron chi connectivity index (χ3n) is 5.59. The molecule has 3 aromatic rings. The first-order valence-corrected chi connectivity index (χ1v) is 10.4. The molecule has 156 valence electrons. The molecule has 1 fully saturated rings. The maximum atomic E-state index is 10.2. The van der Waals surface area contributed by atoms with Crippen LogP contribution in [0.25, 0.3) is 5.65 Å². The van der Waals surface area contributed by atoms with Gasteiger partial charge in [0.05, 0.1) is 23.9 Å². The van der Waals surface area contributed by atoms with E-state index in [2.05, 4.69) is 34.0 Å². The molecule has 0 radical (unpaired) electrons. The number of nitrogens with zero attached hydrogens (tertiary/aromatic N) is 4. The molecule has 0 amide bonds. The van der Waals surface area contributed by atoms with Gasteiger partial charge in [0, 0.05) is 37.2 Å². The van der Waals surface area contributed by atoms with E-state index in [1.54, 1.807) is 6.07 Å². The molecule has 4 rings (SSSR count). The molecule has 1 saturated heterocycles. The van der Waals surface area contributed by atoms with E-state index >= 15 is 0 Å². The second-order valence-electron chi connectivity index (χ2n) is 7.65. The van der Waals surface area contributed by atoms with Crippen molar-refractivity contribution < 1.29 is 5.11 Å². The Morgan fingerprint density at radius 1 is 1.33 bits per heavy atom. The quantitative estimate of drug-likeness (QED) is 0.477. The Morgan fingerprint density at radius 2 is 2.23 bits per heavy atom. The van der Waals surface area contributed by atoms with Crippen LogP contribution in [0.2, 0.25) is 0 Å². The number of hydrogen-bond donors (Lipinski definition) is 4. The van der Waals surface area contributed by atoms with Crippen LogP contribution in [0.15, 0.2) is 36.5 Å². The zero-order valence-electron chi connectivity index (χ0n) is 17.1. The van der Waals surface area contributed by atoms with Gasteiger partial charge < -0.3 is 21.1 Å². The Balaban J connectivity index is 1.56. The molecule has 0 unspecified atom stereocenters. The molecule has 0 saturated carbocycles. The molecule has 2 aromatic heterocycles. The minimum Gasteiger partial charge on any atom is -0.391 e. The number of β-amino-alcohol motifs (C(OH)–C–C–N with tert-alkyl or cyclic N) is 1. The highest BCUT2D eigenvalue weighted by Gasteiger charge is 2.22. The molecule has 2 atom stereocenters. The number of aliphatic hydroxyl groups excluding tert-OH is 1. The van der Waals surface area contributed by atoms with Gasteiger partial charge in [0.2, 0.25) is 0 Å². The summed E-state index contributed by atoms with van der Waals surface area (Å²) in [6.45, 7) is 4.89. The summed E-state index contributed by atoms with van der Waals surface area (Å²) < 4.78 is 1.82. The largest absolute Gasteiger partial charge is 0.391 e. The topological polar surface area (TPSA) is 110 Å². The molecule has 0 bridgehead atoms. The maximum Gasteiger partial charge on any atom is 0.162 e. The minimum atomic E-state index is -0.346. The van der Waals surface area contributed by atoms with Gasteiger partial charge in [-0.05, 0) is 37.1 Å². The number of benzene rings is 1. The molecule has 4 N–H and O–H groups in total. The van der Waals surface area contributed by atoms with E-state index in [1.165, 1.54) is 0 Å². The highest BCUT2D eigenvalue weighted by molar-refractivity contribution is 5.60. The fraction of sp³-hybridized carbons (Fsp3) is 0.409. The lowest BCUT2D eigenvalue weighted by Gasteiger charge is -2.28. The van der Waals surface area contributed by atoms with E-state index in [0.29, 0.717) is 25.2 Å². The standard InChI is InChI=1S/C22H27N7O/c1-2-17-13-27-29-21(26-11-16-5-3-4-15(8-16)10-23)9-20(28-22(17)29)25-12-18-6-7-24-14-19(18)30/h3-5,8-9,13,18-19,24,26,30H,2,6-7,11-12,14H2,1H3,(H,25,28)/t18-,19+/m1/s1. The first-order chi connectivity index (χ1) is 14.7. The lowest BCUT2D eigenvalue weighted by molar-refractivity contribution is 0.0883. The van der Waals surface area contributed by atoms with Crippen LogP contribution in [0.4, 0.5) is 11.6 Å². The molecule has 1 aliphatic rings. The van der Waals surface area contributed by atoms with Crippen molar-refractivity contribution in [3.8, 4) is 6.07 Å². The van der Waals surface area contributed by atoms with E-state index in [0.717, 1.165) is 47.8 Å². The van der Waals surface area contributed by atoms with Crippen molar-refractivity contribution in [3.05, 3.63) is 53.2 Å². The third kappa shape index (κ3) is 4.37. The normalized spacial score (nSPS) is 18.8. The first kappa shape index (κ1) is 20.1. The fourth-order valence-electron chi connectivity index (χ4n) is 3.79. The molecule has 8 heteroatoms. The second-order valence-corrected chi connectivity index (χ2v) is 7.65. The molecule has 0 aliphatic carbocycles. The molecule has 1 aromatic carbocycles. The molecular formula is C22H27N7O. The Hall–Kier alpha value is -3.15. The molecule has 0 spiro atoms. The van der Waals surface area contributed by atoms with Crippen LogP contribution in [0.5, 0.6) is 0 Å². The van der Waals surface area contributed by atoms with Gasteiger partial charge >= 0.3 is 0 Å². The van der Waals surface area contributed by atoms with E-state index in [-0.39, 0.29) is 12.0 Å². The van der Waals surface area contributed by atoms with Crippen molar-refractivity contribution in [2.45, 2.75) is 32.4 Å². The predicted octanol–water partition coefficient (Wildman–Crippen LogP) is 2.16. The van der Waals surface area contributed by atoms with E-state index in [9.17, 15) is 5.11 Å². The monoisotopic (exact) mass is 405 g/mol. The molecule has 8 nitrogen and oxygen atoms in total. The maximum absolute atomic E-state index is 10.2. The summed E-state index contributed by atoms with van der Waals surface area (Å²) in [5, 5.41) is 33.9. The number of aliphatic hydroxyl groups is 1. The van der Waals surface area contributed by atoms with Crippen molar-refractivity contribution >= 4 is 17.3 Å². The van der Waals surface area contributed by atoms with Gasteiger partial charge in [-0.3, -0.25) is 0 Å². The number of nitrogens with one attached hydrogen (secondary N) is 3. The average molecular weight is 406 g/mol. The first-order valence-electron chi connectivity index (χ1n) is 10.4. The fourth-order valence-corrected chi connectivity index (χ4v) is 3.79. The van der Waals surface area contributed by atoms with E-state index in [1.807, 2.05) is 35.0 Å². The number of fused-ring (bicyclic) bond motifs is 1. The number of rotatable bonds is 7. The van der Waals surface area contributed by atoms with Crippen LogP contribution < -0.4 is 16.0 Å². The van der Waals surface area contributed by atoms with Crippen LogP contribution in [-0.4, -0.2) is 45.4 Å². The molecular weight excluding hydrogens is 378 g/mol. The number of nitriles is 1. The summed E-state index contributed by atoms with van der Waals surface area (Å²) in [7, 11) is 0. The number of aryl methyl sites for hydroxylation is 1. The van der Waals surface area contributed by atoms with Gasteiger partial charge in [0.1, 0.15) is 11.6 Å². The van der Waals surface area contributed by atoms with Crippen molar-refractivity contribution in [1.29, 1.82) is 5.26 Å². The lowest BCUT2D eigenvalue weighted by Crippen LogP contribution is -2.43. The van der Waals surface area contributed by atoms with Crippen molar-refractivity contribution in [2.24, 2.45) is 5.92 Å². The van der Waals surface area contributed by atoms with Crippen LogP contribution in [0.1, 0.15) is 30.0 Å². The molecule has 30 heavy (non-hydrogen) atoms. The van der Waals surface area contributed by atoms with Gasteiger partial charge in [-0.15, -0.1) is 0 Å². The van der Waals surface area contributed by atoms with Gasteiger partial charge in [0.25, 0.3) is 0 Å². The van der Waals surface area contributed by atoms with Crippen molar-refractivity contribution in [2.75, 3.05) is 30.3 Å². The summed E-state index contributed by atoms with van der Waals surface area (Å²) in [4.78, 5) is 4.77. The number of hydrogen-bond acceptors (Lipinski definition) is 7. The Bertz CT molecular complexity index is 1060. The zero-order valence-corrected chi connectivity index (χ0v) is 17.1.